The van der Waals surface area contributed by atoms with Crippen molar-refractivity contribution in [3.05, 3.63) is 35.7 Å². The van der Waals surface area contributed by atoms with Crippen LogP contribution in [0.2, 0.25) is 0 Å². The maximum Gasteiger partial charge on any atom is 0.191 e. The standard InChI is InChI=1S/C15H19N3O2S/c1-3-14-16-17-15(18(14)4-2)21-10-9-20-13-8-6-5-7-12(13)11-19/h5-8,11H,3-4,9-10H2,1-2H3. The molecule has 0 atom stereocenters. The Bertz CT molecular complexity index is 598. The third kappa shape index (κ3) is 3.85. The summed E-state index contributed by atoms with van der Waals surface area (Å²) in [5.41, 5.74) is 0.576. The number of aldehydes is 1. The molecule has 1 aromatic carbocycles. The third-order valence-corrected chi connectivity index (χ3v) is 3.97. The molecule has 0 saturated heterocycles. The molecule has 0 unspecified atom stereocenters. The molecule has 0 amide bonds. The fourth-order valence-corrected chi connectivity index (χ4v) is 2.84. The number of nitrogens with zero attached hydrogens (tertiary/aromatic N) is 3. The number of thioether (sulfide) groups is 1. The Labute approximate surface area is 128 Å². The Balaban J connectivity index is 1.87. The Morgan fingerprint density at radius 3 is 2.81 bits per heavy atom. The van der Waals surface area contributed by atoms with Crippen LogP contribution in [-0.2, 0) is 13.0 Å². The minimum absolute atomic E-state index is 0.521. The van der Waals surface area contributed by atoms with E-state index < -0.39 is 0 Å². The van der Waals surface area contributed by atoms with Gasteiger partial charge in [-0.05, 0) is 19.1 Å². The van der Waals surface area contributed by atoms with E-state index in [4.69, 9.17) is 4.74 Å². The molecule has 112 valence electrons. The van der Waals surface area contributed by atoms with Gasteiger partial charge in [0.05, 0.1) is 12.2 Å². The number of carbonyl (C=O) groups is 1. The van der Waals surface area contributed by atoms with Gasteiger partial charge in [-0.25, -0.2) is 0 Å². The van der Waals surface area contributed by atoms with Crippen LogP contribution in [0.25, 0.3) is 0 Å². The number of hydrogen-bond acceptors (Lipinski definition) is 5. The van der Waals surface area contributed by atoms with Crippen molar-refractivity contribution < 1.29 is 9.53 Å². The molecule has 0 bridgehead atoms. The van der Waals surface area contributed by atoms with E-state index >= 15 is 0 Å². The quantitative estimate of drug-likeness (QED) is 0.426. The maximum atomic E-state index is 10.9. The first kappa shape index (κ1) is 15.6. The summed E-state index contributed by atoms with van der Waals surface area (Å²) in [5, 5.41) is 9.29. The Kier molecular flexibility index (Phi) is 5.80. The van der Waals surface area contributed by atoms with E-state index in [0.717, 1.165) is 36.0 Å². The average Bonchev–Trinajstić information content (AvgIpc) is 2.93. The lowest BCUT2D eigenvalue weighted by atomic mass is 10.2. The zero-order valence-corrected chi connectivity index (χ0v) is 13.1. The summed E-state index contributed by atoms with van der Waals surface area (Å²) in [6.45, 7) is 5.55. The second-order valence-corrected chi connectivity index (χ2v) is 5.41. The van der Waals surface area contributed by atoms with Crippen LogP contribution in [0, 0.1) is 0 Å². The summed E-state index contributed by atoms with van der Waals surface area (Å²) in [6.07, 6.45) is 1.69. The Morgan fingerprint density at radius 1 is 1.29 bits per heavy atom. The first-order valence-electron chi connectivity index (χ1n) is 7.02. The molecule has 0 aliphatic carbocycles. The van der Waals surface area contributed by atoms with Crippen molar-refractivity contribution in [3.8, 4) is 5.75 Å². The average molecular weight is 305 g/mol. The Hall–Kier alpha value is -1.82. The fourth-order valence-electron chi connectivity index (χ4n) is 2.00. The van der Waals surface area contributed by atoms with E-state index in [9.17, 15) is 4.79 Å². The van der Waals surface area contributed by atoms with Gasteiger partial charge in [-0.1, -0.05) is 30.8 Å². The number of hydrogen-bond donors (Lipinski definition) is 0. The lowest BCUT2D eigenvalue weighted by molar-refractivity contribution is 0.112. The van der Waals surface area contributed by atoms with Gasteiger partial charge in [0, 0.05) is 18.7 Å². The molecule has 5 nitrogen and oxygen atoms in total. The number of para-hydroxylation sites is 1. The van der Waals surface area contributed by atoms with Gasteiger partial charge < -0.3 is 9.30 Å². The van der Waals surface area contributed by atoms with Crippen LogP contribution in [0.5, 0.6) is 5.75 Å². The highest BCUT2D eigenvalue weighted by Gasteiger charge is 2.09. The molecule has 0 aliphatic rings. The van der Waals surface area contributed by atoms with Gasteiger partial charge in [-0.15, -0.1) is 10.2 Å². The molecule has 2 aromatic rings. The first-order chi connectivity index (χ1) is 10.3. The maximum absolute atomic E-state index is 10.9. The highest BCUT2D eigenvalue weighted by molar-refractivity contribution is 7.99. The topological polar surface area (TPSA) is 57.0 Å². The molecule has 2 rings (SSSR count). The van der Waals surface area contributed by atoms with Crippen molar-refractivity contribution in [1.82, 2.24) is 14.8 Å². The van der Waals surface area contributed by atoms with Crippen molar-refractivity contribution in [2.45, 2.75) is 32.0 Å². The van der Waals surface area contributed by atoms with Gasteiger partial charge in [-0.3, -0.25) is 4.79 Å². The number of ether oxygens (including phenoxy) is 1. The normalized spacial score (nSPS) is 10.6. The van der Waals surface area contributed by atoms with Crippen molar-refractivity contribution in [2.24, 2.45) is 0 Å². The number of carbonyl (C=O) groups excluding carboxylic acids is 1. The predicted molar refractivity (Wildman–Crippen MR) is 83.1 cm³/mol. The van der Waals surface area contributed by atoms with E-state index in [2.05, 4.69) is 28.6 Å². The summed E-state index contributed by atoms with van der Waals surface area (Å²) in [6, 6.07) is 7.23. The zero-order chi connectivity index (χ0) is 15.1. The zero-order valence-electron chi connectivity index (χ0n) is 12.3. The van der Waals surface area contributed by atoms with Crippen molar-refractivity contribution in [3.63, 3.8) is 0 Å². The molecule has 0 radical (unpaired) electrons. The SMILES string of the molecule is CCc1nnc(SCCOc2ccccc2C=O)n1CC. The lowest BCUT2D eigenvalue weighted by Crippen LogP contribution is -2.05. The van der Waals surface area contributed by atoms with Crippen molar-refractivity contribution >= 4 is 18.0 Å². The third-order valence-electron chi connectivity index (χ3n) is 3.04. The summed E-state index contributed by atoms with van der Waals surface area (Å²) in [7, 11) is 0. The molecule has 0 N–H and O–H groups in total. The van der Waals surface area contributed by atoms with E-state index in [-0.39, 0.29) is 0 Å². The molecular weight excluding hydrogens is 286 g/mol. The summed E-state index contributed by atoms with van der Waals surface area (Å²) in [5.74, 6) is 2.39. The van der Waals surface area contributed by atoms with Gasteiger partial charge in [0.1, 0.15) is 11.6 Å². The van der Waals surface area contributed by atoms with E-state index in [0.29, 0.717) is 17.9 Å². The molecule has 0 aliphatic heterocycles. The summed E-state index contributed by atoms with van der Waals surface area (Å²) < 4.78 is 7.76. The highest BCUT2D eigenvalue weighted by atomic mass is 32.2. The van der Waals surface area contributed by atoms with Crippen LogP contribution in [0.4, 0.5) is 0 Å². The Morgan fingerprint density at radius 2 is 2.10 bits per heavy atom. The second kappa shape index (κ2) is 7.83. The minimum Gasteiger partial charge on any atom is -0.492 e. The molecule has 21 heavy (non-hydrogen) atoms. The van der Waals surface area contributed by atoms with Gasteiger partial charge >= 0.3 is 0 Å². The van der Waals surface area contributed by atoms with Gasteiger partial charge in [-0.2, -0.15) is 0 Å². The van der Waals surface area contributed by atoms with Crippen LogP contribution in [0.3, 0.4) is 0 Å². The summed E-state index contributed by atoms with van der Waals surface area (Å²) >= 11 is 1.62. The molecule has 0 saturated carbocycles. The number of aromatic nitrogens is 3. The molecule has 1 heterocycles. The number of benzene rings is 1. The van der Waals surface area contributed by atoms with Crippen LogP contribution in [0.1, 0.15) is 30.0 Å². The van der Waals surface area contributed by atoms with E-state index in [1.807, 2.05) is 12.1 Å². The molecule has 0 spiro atoms. The van der Waals surface area contributed by atoms with Crippen LogP contribution in [0.15, 0.2) is 29.4 Å². The largest absolute Gasteiger partial charge is 0.492 e. The van der Waals surface area contributed by atoms with Crippen molar-refractivity contribution in [2.75, 3.05) is 12.4 Å². The lowest BCUT2D eigenvalue weighted by Gasteiger charge is -2.08. The molecular formula is C15H19N3O2S. The van der Waals surface area contributed by atoms with Crippen LogP contribution >= 0.6 is 11.8 Å². The van der Waals surface area contributed by atoms with E-state index in [1.165, 1.54) is 0 Å². The van der Waals surface area contributed by atoms with Crippen molar-refractivity contribution in [1.29, 1.82) is 0 Å². The van der Waals surface area contributed by atoms with Gasteiger partial charge in [0.25, 0.3) is 0 Å². The number of rotatable bonds is 8. The van der Waals surface area contributed by atoms with Crippen LogP contribution in [-0.4, -0.2) is 33.4 Å². The predicted octanol–water partition coefficient (Wildman–Crippen LogP) is 2.84. The monoisotopic (exact) mass is 305 g/mol. The van der Waals surface area contributed by atoms with E-state index in [1.54, 1.807) is 23.9 Å². The first-order valence-corrected chi connectivity index (χ1v) is 8.00. The highest BCUT2D eigenvalue weighted by Crippen LogP contribution is 2.19. The smallest absolute Gasteiger partial charge is 0.191 e. The molecule has 1 aromatic heterocycles. The van der Waals surface area contributed by atoms with Gasteiger partial charge in [0.2, 0.25) is 0 Å². The number of aryl methyl sites for hydroxylation is 1. The molecule has 0 fully saturated rings. The van der Waals surface area contributed by atoms with Crippen LogP contribution < -0.4 is 4.74 Å². The summed E-state index contributed by atoms with van der Waals surface area (Å²) in [4.78, 5) is 10.9. The second-order valence-electron chi connectivity index (χ2n) is 4.35. The van der Waals surface area contributed by atoms with Gasteiger partial charge in [0.15, 0.2) is 11.4 Å². The minimum atomic E-state index is 0.521. The fraction of sp³-hybridized carbons (Fsp3) is 0.400. The molecule has 6 heteroatoms.